The first kappa shape index (κ1) is 10.2. The van der Waals surface area contributed by atoms with Crippen molar-refractivity contribution in [2.24, 2.45) is 5.73 Å². The number of rotatable bonds is 4. The molecule has 0 unspecified atom stereocenters. The third-order valence-electron chi connectivity index (χ3n) is 3.23. The molecule has 0 spiro atoms. The average Bonchev–Trinajstić information content (AvgIpc) is 2.60. The third-order valence-corrected chi connectivity index (χ3v) is 3.23. The predicted octanol–water partition coefficient (Wildman–Crippen LogP) is 1.96. The maximum atomic E-state index is 10.5. The second-order valence-corrected chi connectivity index (χ2v) is 4.07. The van der Waals surface area contributed by atoms with Crippen molar-refractivity contribution < 1.29 is 9.34 Å². The van der Waals surface area contributed by atoms with Crippen molar-refractivity contribution in [1.82, 2.24) is 0 Å². The summed E-state index contributed by atoms with van der Waals surface area (Å²) in [5.74, 6) is 0.555. The normalized spacial score (nSPS) is 18.5. The van der Waals surface area contributed by atoms with Crippen LogP contribution in [0.2, 0.25) is 0 Å². The Morgan fingerprint density at radius 3 is 2.67 bits per heavy atom. The lowest BCUT2D eigenvalue weighted by molar-refractivity contribution is -0.402. The summed E-state index contributed by atoms with van der Waals surface area (Å²) < 4.78 is 5.25. The molecule has 0 bridgehead atoms. The van der Waals surface area contributed by atoms with Gasteiger partial charge in [0.1, 0.15) is 10.7 Å². The molecule has 0 atom stereocenters. The van der Waals surface area contributed by atoms with Gasteiger partial charge in [0.05, 0.1) is 6.07 Å². The molecule has 1 aliphatic rings. The first-order chi connectivity index (χ1) is 7.18. The molecule has 1 aromatic rings. The topological polar surface area (TPSA) is 82.3 Å². The van der Waals surface area contributed by atoms with Crippen LogP contribution < -0.4 is 5.73 Å². The van der Waals surface area contributed by atoms with Crippen LogP contribution in [0, 0.1) is 10.1 Å². The van der Waals surface area contributed by atoms with Crippen molar-refractivity contribution >= 4 is 5.88 Å². The number of nitrogens with zero attached hydrogens (tertiary/aromatic N) is 1. The van der Waals surface area contributed by atoms with Gasteiger partial charge in [-0.05, 0) is 31.9 Å². The molecule has 2 N–H and O–H groups in total. The zero-order chi connectivity index (χ0) is 10.9. The van der Waals surface area contributed by atoms with Crippen molar-refractivity contribution in [2.45, 2.75) is 31.1 Å². The van der Waals surface area contributed by atoms with Gasteiger partial charge in [0.15, 0.2) is 0 Å². The number of nitro groups is 1. The van der Waals surface area contributed by atoms with E-state index in [1.54, 1.807) is 6.07 Å². The first-order valence-electron chi connectivity index (χ1n) is 5.13. The predicted molar refractivity (Wildman–Crippen MR) is 54.6 cm³/mol. The fraction of sp³-hybridized carbons (Fsp3) is 0.600. The molecule has 15 heavy (non-hydrogen) atoms. The van der Waals surface area contributed by atoms with Crippen molar-refractivity contribution in [3.05, 3.63) is 28.0 Å². The Balaban J connectivity index is 2.23. The minimum absolute atomic E-state index is 0.0248. The van der Waals surface area contributed by atoms with Gasteiger partial charge in [-0.2, -0.15) is 0 Å². The Labute approximate surface area is 87.4 Å². The molecule has 2 rings (SSSR count). The summed E-state index contributed by atoms with van der Waals surface area (Å²) in [5.41, 5.74) is 5.53. The highest BCUT2D eigenvalue weighted by molar-refractivity contribution is 5.25. The summed E-state index contributed by atoms with van der Waals surface area (Å²) in [6.45, 7) is 0.592. The summed E-state index contributed by atoms with van der Waals surface area (Å²) in [7, 11) is 0. The van der Waals surface area contributed by atoms with E-state index in [2.05, 4.69) is 0 Å². The van der Waals surface area contributed by atoms with Gasteiger partial charge in [-0.15, -0.1) is 0 Å². The van der Waals surface area contributed by atoms with E-state index in [0.29, 0.717) is 6.54 Å². The van der Waals surface area contributed by atoms with Gasteiger partial charge in [-0.1, -0.05) is 6.42 Å². The second-order valence-electron chi connectivity index (χ2n) is 4.07. The van der Waals surface area contributed by atoms with Crippen molar-refractivity contribution in [3.63, 3.8) is 0 Å². The summed E-state index contributed by atoms with van der Waals surface area (Å²) >= 11 is 0. The zero-order valence-electron chi connectivity index (χ0n) is 8.44. The lowest BCUT2D eigenvalue weighted by atomic mass is 9.65. The molecule has 5 nitrogen and oxygen atoms in total. The molecule has 1 fully saturated rings. The van der Waals surface area contributed by atoms with Gasteiger partial charge in [-0.3, -0.25) is 10.1 Å². The summed E-state index contributed by atoms with van der Waals surface area (Å²) in [6.07, 6.45) is 4.04. The Morgan fingerprint density at radius 1 is 1.53 bits per heavy atom. The van der Waals surface area contributed by atoms with Crippen LogP contribution in [0.3, 0.4) is 0 Å². The molecule has 0 aliphatic heterocycles. The number of hydrogen-bond donors (Lipinski definition) is 1. The zero-order valence-corrected chi connectivity index (χ0v) is 8.44. The summed E-state index contributed by atoms with van der Waals surface area (Å²) in [4.78, 5) is 9.99. The van der Waals surface area contributed by atoms with Crippen molar-refractivity contribution in [1.29, 1.82) is 0 Å². The third kappa shape index (κ3) is 1.63. The van der Waals surface area contributed by atoms with E-state index in [1.165, 1.54) is 6.07 Å². The van der Waals surface area contributed by atoms with E-state index in [9.17, 15) is 10.1 Å². The minimum atomic E-state index is -0.502. The fourth-order valence-electron chi connectivity index (χ4n) is 2.21. The van der Waals surface area contributed by atoms with Crippen LogP contribution in [0.4, 0.5) is 5.88 Å². The lowest BCUT2D eigenvalue weighted by Gasteiger charge is -2.39. The number of nitrogens with two attached hydrogens (primary N) is 1. The van der Waals surface area contributed by atoms with Crippen LogP contribution in [0.15, 0.2) is 16.5 Å². The largest absolute Gasteiger partial charge is 0.433 e. The van der Waals surface area contributed by atoms with Crippen LogP contribution in [0.25, 0.3) is 0 Å². The van der Waals surface area contributed by atoms with Gasteiger partial charge in [0.25, 0.3) is 0 Å². The molecule has 0 amide bonds. The highest BCUT2D eigenvalue weighted by atomic mass is 16.6. The van der Waals surface area contributed by atoms with E-state index in [1.807, 2.05) is 0 Å². The number of furan rings is 1. The highest BCUT2D eigenvalue weighted by Gasteiger charge is 2.41. The Hall–Kier alpha value is -1.36. The van der Waals surface area contributed by atoms with E-state index < -0.39 is 4.92 Å². The minimum Gasteiger partial charge on any atom is -0.405 e. The molecule has 0 saturated heterocycles. The molecule has 1 saturated carbocycles. The maximum Gasteiger partial charge on any atom is 0.433 e. The van der Waals surface area contributed by atoms with Gasteiger partial charge >= 0.3 is 5.88 Å². The SMILES string of the molecule is NCCC1(c2ccc([N+](=O)[O-])o2)CCC1. The smallest absolute Gasteiger partial charge is 0.405 e. The van der Waals surface area contributed by atoms with E-state index in [4.69, 9.17) is 10.2 Å². The first-order valence-corrected chi connectivity index (χ1v) is 5.13. The van der Waals surface area contributed by atoms with Gasteiger partial charge in [-0.25, -0.2) is 0 Å². The second kappa shape index (κ2) is 3.66. The van der Waals surface area contributed by atoms with Crippen LogP contribution >= 0.6 is 0 Å². The van der Waals surface area contributed by atoms with Gasteiger partial charge in [0.2, 0.25) is 0 Å². The quantitative estimate of drug-likeness (QED) is 0.608. The van der Waals surface area contributed by atoms with E-state index in [0.717, 1.165) is 31.4 Å². The highest BCUT2D eigenvalue weighted by Crippen LogP contribution is 2.47. The Morgan fingerprint density at radius 2 is 2.27 bits per heavy atom. The molecule has 0 radical (unpaired) electrons. The van der Waals surface area contributed by atoms with E-state index >= 15 is 0 Å². The van der Waals surface area contributed by atoms with Crippen LogP contribution in [-0.2, 0) is 5.41 Å². The molecule has 5 heteroatoms. The average molecular weight is 210 g/mol. The molecular weight excluding hydrogens is 196 g/mol. The number of hydrogen-bond acceptors (Lipinski definition) is 4. The fourth-order valence-corrected chi connectivity index (χ4v) is 2.21. The Bertz CT molecular complexity index is 368. The van der Waals surface area contributed by atoms with Gasteiger partial charge in [0, 0.05) is 5.41 Å². The molecular formula is C10H14N2O3. The summed E-state index contributed by atoms with van der Waals surface area (Å²) in [5, 5.41) is 10.5. The molecule has 0 aromatic carbocycles. The molecule has 1 aliphatic carbocycles. The van der Waals surface area contributed by atoms with Crippen LogP contribution in [0.5, 0.6) is 0 Å². The van der Waals surface area contributed by atoms with Crippen molar-refractivity contribution in [3.8, 4) is 0 Å². The standard InChI is InChI=1S/C10H14N2O3/c11-7-6-10(4-1-5-10)8-2-3-9(15-8)12(13)14/h2-3H,1,4-7,11H2. The lowest BCUT2D eigenvalue weighted by Crippen LogP contribution is -2.35. The van der Waals surface area contributed by atoms with E-state index in [-0.39, 0.29) is 11.3 Å². The van der Waals surface area contributed by atoms with Crippen molar-refractivity contribution in [2.75, 3.05) is 6.54 Å². The summed E-state index contributed by atoms with van der Waals surface area (Å²) in [6, 6.07) is 3.14. The maximum absolute atomic E-state index is 10.5. The van der Waals surface area contributed by atoms with Gasteiger partial charge < -0.3 is 10.2 Å². The van der Waals surface area contributed by atoms with Crippen LogP contribution in [-0.4, -0.2) is 11.5 Å². The molecule has 1 heterocycles. The Kier molecular flexibility index (Phi) is 2.48. The monoisotopic (exact) mass is 210 g/mol. The van der Waals surface area contributed by atoms with Crippen LogP contribution in [0.1, 0.15) is 31.4 Å². The molecule has 82 valence electrons. The molecule has 1 aromatic heterocycles.